The van der Waals surface area contributed by atoms with Crippen molar-refractivity contribution in [1.29, 1.82) is 0 Å². The van der Waals surface area contributed by atoms with Crippen molar-refractivity contribution < 1.29 is 9.47 Å². The van der Waals surface area contributed by atoms with Crippen LogP contribution in [0.4, 0.5) is 0 Å². The second-order valence-electron chi connectivity index (χ2n) is 5.61. The topological polar surface area (TPSA) is 44.5 Å². The van der Waals surface area contributed by atoms with Crippen LogP contribution in [0.15, 0.2) is 48.5 Å². The average Bonchev–Trinajstić information content (AvgIpc) is 3.36. The zero-order chi connectivity index (χ0) is 14.9. The number of nitrogens with two attached hydrogens (primary N) is 1. The van der Waals surface area contributed by atoms with Crippen molar-refractivity contribution in [3.05, 3.63) is 59.7 Å². The molecule has 1 fully saturated rings. The minimum atomic E-state index is -0.0926. The molecule has 0 spiro atoms. The first kappa shape index (κ1) is 14.0. The van der Waals surface area contributed by atoms with E-state index in [9.17, 15) is 0 Å². The Kier molecular flexibility index (Phi) is 3.60. The van der Waals surface area contributed by atoms with Gasteiger partial charge in [-0.3, -0.25) is 0 Å². The van der Waals surface area contributed by atoms with E-state index in [1.807, 2.05) is 24.3 Å². The molecule has 0 saturated heterocycles. The molecule has 2 aromatic carbocycles. The highest BCUT2D eigenvalue weighted by Crippen LogP contribution is 2.56. The SMILES string of the molecule is COc1ccc(OC)c(C(N)C2(c3ccccc3)CC2)c1. The van der Waals surface area contributed by atoms with Gasteiger partial charge >= 0.3 is 0 Å². The first-order chi connectivity index (χ1) is 10.2. The Labute approximate surface area is 125 Å². The van der Waals surface area contributed by atoms with E-state index < -0.39 is 0 Å². The molecule has 2 aromatic rings. The van der Waals surface area contributed by atoms with E-state index in [2.05, 4.69) is 24.3 Å². The molecule has 0 radical (unpaired) electrons. The molecule has 3 rings (SSSR count). The monoisotopic (exact) mass is 283 g/mol. The minimum Gasteiger partial charge on any atom is -0.497 e. The fourth-order valence-corrected chi connectivity index (χ4v) is 3.06. The zero-order valence-corrected chi connectivity index (χ0v) is 12.5. The summed E-state index contributed by atoms with van der Waals surface area (Å²) in [5, 5.41) is 0. The molecule has 0 aliphatic heterocycles. The van der Waals surface area contributed by atoms with Gasteiger partial charge in [0.25, 0.3) is 0 Å². The molecule has 1 aliphatic rings. The lowest BCUT2D eigenvalue weighted by atomic mass is 9.84. The van der Waals surface area contributed by atoms with Crippen molar-refractivity contribution in [2.45, 2.75) is 24.3 Å². The Morgan fingerprint density at radius 1 is 1.00 bits per heavy atom. The number of methoxy groups -OCH3 is 2. The molecule has 21 heavy (non-hydrogen) atoms. The molecule has 3 heteroatoms. The van der Waals surface area contributed by atoms with Gasteiger partial charge in [-0.2, -0.15) is 0 Å². The van der Waals surface area contributed by atoms with E-state index in [1.54, 1.807) is 14.2 Å². The average molecular weight is 283 g/mol. The van der Waals surface area contributed by atoms with Crippen LogP contribution in [-0.2, 0) is 5.41 Å². The van der Waals surface area contributed by atoms with Crippen molar-refractivity contribution in [2.75, 3.05) is 14.2 Å². The summed E-state index contributed by atoms with van der Waals surface area (Å²) in [6.07, 6.45) is 2.22. The maximum Gasteiger partial charge on any atom is 0.123 e. The van der Waals surface area contributed by atoms with E-state index in [-0.39, 0.29) is 11.5 Å². The molecule has 1 saturated carbocycles. The predicted molar refractivity (Wildman–Crippen MR) is 83.8 cm³/mol. The van der Waals surface area contributed by atoms with Crippen LogP contribution in [0.25, 0.3) is 0 Å². The number of hydrogen-bond donors (Lipinski definition) is 1. The number of ether oxygens (including phenoxy) is 2. The molecular weight excluding hydrogens is 262 g/mol. The quantitative estimate of drug-likeness (QED) is 0.914. The third-order valence-electron chi connectivity index (χ3n) is 4.50. The molecule has 0 heterocycles. The van der Waals surface area contributed by atoms with Crippen molar-refractivity contribution in [3.63, 3.8) is 0 Å². The van der Waals surface area contributed by atoms with Gasteiger partial charge in [0.1, 0.15) is 11.5 Å². The van der Waals surface area contributed by atoms with Crippen LogP contribution in [-0.4, -0.2) is 14.2 Å². The number of benzene rings is 2. The van der Waals surface area contributed by atoms with Crippen LogP contribution in [0.1, 0.15) is 30.0 Å². The van der Waals surface area contributed by atoms with E-state index >= 15 is 0 Å². The molecule has 110 valence electrons. The zero-order valence-electron chi connectivity index (χ0n) is 12.5. The summed E-state index contributed by atoms with van der Waals surface area (Å²) in [7, 11) is 3.35. The lowest BCUT2D eigenvalue weighted by molar-refractivity contribution is 0.389. The van der Waals surface area contributed by atoms with Crippen molar-refractivity contribution >= 4 is 0 Å². The minimum absolute atomic E-state index is 0.0287. The van der Waals surface area contributed by atoms with Gasteiger partial charge in [0.2, 0.25) is 0 Å². The first-order valence-electron chi connectivity index (χ1n) is 7.24. The van der Waals surface area contributed by atoms with Crippen LogP contribution in [0, 0.1) is 0 Å². The highest BCUT2D eigenvalue weighted by Gasteiger charge is 2.50. The summed E-state index contributed by atoms with van der Waals surface area (Å²) in [5.41, 5.74) is 8.98. The summed E-state index contributed by atoms with van der Waals surface area (Å²) < 4.78 is 10.8. The largest absolute Gasteiger partial charge is 0.497 e. The summed E-state index contributed by atoms with van der Waals surface area (Å²) in [6, 6.07) is 16.2. The third kappa shape index (κ3) is 2.38. The Bertz CT molecular complexity index is 620. The van der Waals surface area contributed by atoms with Crippen LogP contribution in [0.5, 0.6) is 11.5 Å². The van der Waals surface area contributed by atoms with Crippen molar-refractivity contribution in [2.24, 2.45) is 5.73 Å². The van der Waals surface area contributed by atoms with E-state index in [0.717, 1.165) is 29.9 Å². The van der Waals surface area contributed by atoms with Crippen LogP contribution in [0.3, 0.4) is 0 Å². The molecule has 2 N–H and O–H groups in total. The molecule has 0 bridgehead atoms. The fourth-order valence-electron chi connectivity index (χ4n) is 3.06. The van der Waals surface area contributed by atoms with E-state index in [0.29, 0.717) is 0 Å². The van der Waals surface area contributed by atoms with E-state index in [4.69, 9.17) is 15.2 Å². The Hall–Kier alpha value is -2.00. The van der Waals surface area contributed by atoms with Gasteiger partial charge in [-0.05, 0) is 36.6 Å². The normalized spacial score (nSPS) is 17.1. The molecule has 1 atom stereocenters. The summed E-state index contributed by atoms with van der Waals surface area (Å²) >= 11 is 0. The lowest BCUT2D eigenvalue weighted by Crippen LogP contribution is -2.26. The van der Waals surface area contributed by atoms with Gasteiger partial charge in [-0.25, -0.2) is 0 Å². The summed E-state index contributed by atoms with van der Waals surface area (Å²) in [6.45, 7) is 0. The Morgan fingerprint density at radius 3 is 2.29 bits per heavy atom. The van der Waals surface area contributed by atoms with Crippen LogP contribution < -0.4 is 15.2 Å². The highest BCUT2D eigenvalue weighted by molar-refractivity contribution is 5.47. The van der Waals surface area contributed by atoms with E-state index in [1.165, 1.54) is 5.56 Å². The van der Waals surface area contributed by atoms with Gasteiger partial charge in [0.05, 0.1) is 14.2 Å². The molecule has 3 nitrogen and oxygen atoms in total. The highest BCUT2D eigenvalue weighted by atomic mass is 16.5. The first-order valence-corrected chi connectivity index (χ1v) is 7.24. The lowest BCUT2D eigenvalue weighted by Gasteiger charge is -2.26. The number of hydrogen-bond acceptors (Lipinski definition) is 3. The number of rotatable bonds is 5. The standard InChI is InChI=1S/C18H21NO2/c1-20-14-8-9-16(21-2)15(12-14)17(19)18(10-11-18)13-6-4-3-5-7-13/h3-9,12,17H,10-11,19H2,1-2H3. The fraction of sp³-hybridized carbons (Fsp3) is 0.333. The molecule has 1 aliphatic carbocycles. The second kappa shape index (κ2) is 5.41. The predicted octanol–water partition coefficient (Wildman–Crippen LogP) is 3.44. The van der Waals surface area contributed by atoms with Gasteiger partial charge < -0.3 is 15.2 Å². The summed E-state index contributed by atoms with van der Waals surface area (Å²) in [5.74, 6) is 1.63. The van der Waals surface area contributed by atoms with Gasteiger partial charge in [-0.1, -0.05) is 30.3 Å². The molecular formula is C18H21NO2. The van der Waals surface area contributed by atoms with Crippen molar-refractivity contribution in [3.8, 4) is 11.5 Å². The van der Waals surface area contributed by atoms with Crippen LogP contribution >= 0.6 is 0 Å². The molecule has 1 unspecified atom stereocenters. The maximum absolute atomic E-state index is 6.63. The van der Waals surface area contributed by atoms with Crippen molar-refractivity contribution in [1.82, 2.24) is 0 Å². The van der Waals surface area contributed by atoms with Gasteiger partial charge in [0, 0.05) is 17.0 Å². The molecule has 0 amide bonds. The van der Waals surface area contributed by atoms with Gasteiger partial charge in [-0.15, -0.1) is 0 Å². The van der Waals surface area contributed by atoms with Crippen LogP contribution in [0.2, 0.25) is 0 Å². The smallest absolute Gasteiger partial charge is 0.123 e. The second-order valence-corrected chi connectivity index (χ2v) is 5.61. The van der Waals surface area contributed by atoms with Gasteiger partial charge in [0.15, 0.2) is 0 Å². The Balaban J connectivity index is 2.00. The molecule has 0 aromatic heterocycles. The third-order valence-corrected chi connectivity index (χ3v) is 4.50. The maximum atomic E-state index is 6.63. The Morgan fingerprint density at radius 2 is 1.71 bits per heavy atom. The summed E-state index contributed by atoms with van der Waals surface area (Å²) in [4.78, 5) is 0.